The summed E-state index contributed by atoms with van der Waals surface area (Å²) in [5.74, 6) is -0.882. The Morgan fingerprint density at radius 2 is 1.81 bits per heavy atom. The van der Waals surface area contributed by atoms with Crippen molar-refractivity contribution in [1.82, 2.24) is 4.57 Å². The molecular weight excluding hydrogens is 333 g/mol. The van der Waals surface area contributed by atoms with Gasteiger partial charge in [-0.15, -0.1) is 0 Å². The molecule has 2 aromatic carbocycles. The number of rotatable bonds is 4. The highest BCUT2D eigenvalue weighted by Crippen LogP contribution is 2.15. The van der Waals surface area contributed by atoms with Gasteiger partial charge in [0.15, 0.2) is 0 Å². The maximum absolute atomic E-state index is 13.8. The molecule has 6 heteroatoms. The molecule has 0 aliphatic heterocycles. The maximum Gasteiger partial charge on any atom is 0.257 e. The lowest BCUT2D eigenvalue weighted by molar-refractivity contribution is 0.102. The van der Waals surface area contributed by atoms with Crippen molar-refractivity contribution in [2.75, 3.05) is 5.32 Å². The fourth-order valence-electron chi connectivity index (χ4n) is 2.48. The minimum atomic E-state index is -0.463. The van der Waals surface area contributed by atoms with Gasteiger partial charge in [0.1, 0.15) is 11.9 Å². The van der Waals surface area contributed by atoms with Crippen LogP contribution in [0.15, 0.2) is 71.7 Å². The number of hydrogen-bond donors (Lipinski definition) is 1. The van der Waals surface area contributed by atoms with Crippen LogP contribution < -0.4 is 10.9 Å². The van der Waals surface area contributed by atoms with E-state index < -0.39 is 11.7 Å². The fraction of sp³-hybridized carbons (Fsp3) is 0.0500. The number of pyridine rings is 1. The summed E-state index contributed by atoms with van der Waals surface area (Å²) in [5, 5.41) is 11.7. The first-order chi connectivity index (χ1) is 12.6. The number of halogens is 1. The molecule has 0 saturated heterocycles. The smallest absolute Gasteiger partial charge is 0.257 e. The Balaban J connectivity index is 1.87. The van der Waals surface area contributed by atoms with Gasteiger partial charge >= 0.3 is 0 Å². The number of nitrogens with zero attached hydrogens (tertiary/aromatic N) is 2. The molecule has 0 spiro atoms. The topological polar surface area (TPSA) is 74.9 Å². The molecule has 5 nitrogen and oxygen atoms in total. The average molecular weight is 347 g/mol. The summed E-state index contributed by atoms with van der Waals surface area (Å²) in [6.45, 7) is 0.0153. The van der Waals surface area contributed by atoms with Crippen molar-refractivity contribution in [3.8, 4) is 6.07 Å². The zero-order valence-corrected chi connectivity index (χ0v) is 13.6. The zero-order chi connectivity index (χ0) is 18.5. The molecule has 3 aromatic rings. The van der Waals surface area contributed by atoms with Gasteiger partial charge in [-0.25, -0.2) is 4.39 Å². The lowest BCUT2D eigenvalue weighted by Crippen LogP contribution is -2.23. The molecule has 0 atom stereocenters. The third-order valence-corrected chi connectivity index (χ3v) is 3.84. The van der Waals surface area contributed by atoms with E-state index in [0.29, 0.717) is 16.8 Å². The average Bonchev–Trinajstić information content (AvgIpc) is 2.65. The molecule has 0 saturated carbocycles. The molecule has 26 heavy (non-hydrogen) atoms. The van der Waals surface area contributed by atoms with Crippen LogP contribution in [0.4, 0.5) is 10.1 Å². The molecule has 0 fully saturated rings. The normalized spacial score (nSPS) is 10.2. The predicted octanol–water partition coefficient (Wildman–Crippen LogP) is 3.16. The van der Waals surface area contributed by atoms with Gasteiger partial charge in [-0.3, -0.25) is 9.59 Å². The van der Waals surface area contributed by atoms with Crippen LogP contribution in [-0.2, 0) is 6.54 Å². The van der Waals surface area contributed by atoms with E-state index in [2.05, 4.69) is 5.32 Å². The third-order valence-electron chi connectivity index (χ3n) is 3.84. The largest absolute Gasteiger partial charge is 0.321 e. The number of amides is 1. The molecule has 3 rings (SSSR count). The molecule has 0 unspecified atom stereocenters. The van der Waals surface area contributed by atoms with Gasteiger partial charge in [-0.1, -0.05) is 30.3 Å². The number of nitriles is 1. The van der Waals surface area contributed by atoms with Crippen molar-refractivity contribution in [2.24, 2.45) is 0 Å². The van der Waals surface area contributed by atoms with Crippen LogP contribution >= 0.6 is 0 Å². The Labute approximate surface area is 149 Å². The van der Waals surface area contributed by atoms with Crippen molar-refractivity contribution >= 4 is 11.6 Å². The minimum absolute atomic E-state index is 0.0153. The monoisotopic (exact) mass is 347 g/mol. The molecule has 0 radical (unpaired) electrons. The highest BCUT2D eigenvalue weighted by atomic mass is 19.1. The lowest BCUT2D eigenvalue weighted by atomic mass is 10.1. The first-order valence-electron chi connectivity index (χ1n) is 7.83. The van der Waals surface area contributed by atoms with Crippen LogP contribution in [0.3, 0.4) is 0 Å². The van der Waals surface area contributed by atoms with Gasteiger partial charge in [-0.2, -0.15) is 5.26 Å². The summed E-state index contributed by atoms with van der Waals surface area (Å²) in [4.78, 5) is 24.5. The number of aromatic nitrogens is 1. The first-order valence-corrected chi connectivity index (χ1v) is 7.83. The Kier molecular flexibility index (Phi) is 4.90. The van der Waals surface area contributed by atoms with Gasteiger partial charge in [0.2, 0.25) is 0 Å². The van der Waals surface area contributed by atoms with Crippen LogP contribution in [-0.4, -0.2) is 10.5 Å². The van der Waals surface area contributed by atoms with E-state index in [9.17, 15) is 14.0 Å². The van der Waals surface area contributed by atoms with Crippen LogP contribution in [0.25, 0.3) is 0 Å². The highest BCUT2D eigenvalue weighted by molar-refractivity contribution is 6.04. The molecule has 1 heterocycles. The van der Waals surface area contributed by atoms with Gasteiger partial charge in [-0.05, 0) is 24.3 Å². The molecular formula is C20H14FN3O2. The van der Waals surface area contributed by atoms with Crippen LogP contribution in [0.1, 0.15) is 21.5 Å². The number of para-hydroxylation sites is 1. The van der Waals surface area contributed by atoms with E-state index >= 15 is 0 Å². The number of benzene rings is 2. The van der Waals surface area contributed by atoms with Gasteiger partial charge in [0.25, 0.3) is 11.5 Å². The van der Waals surface area contributed by atoms with Crippen LogP contribution in [0.5, 0.6) is 0 Å². The highest BCUT2D eigenvalue weighted by Gasteiger charge is 2.11. The van der Waals surface area contributed by atoms with Crippen molar-refractivity contribution in [3.63, 3.8) is 0 Å². The Hall–Kier alpha value is -3.72. The van der Waals surface area contributed by atoms with Crippen molar-refractivity contribution in [3.05, 3.63) is 99.7 Å². The maximum atomic E-state index is 13.8. The SMILES string of the molecule is N#Cc1ccccc1NC(=O)c1ccc(=O)n(Cc2ccccc2F)c1. The minimum Gasteiger partial charge on any atom is -0.321 e. The Morgan fingerprint density at radius 1 is 1.08 bits per heavy atom. The summed E-state index contributed by atoms with van der Waals surface area (Å²) < 4.78 is 15.1. The van der Waals surface area contributed by atoms with E-state index in [1.807, 2.05) is 6.07 Å². The Morgan fingerprint density at radius 3 is 2.58 bits per heavy atom. The second-order valence-electron chi connectivity index (χ2n) is 5.59. The van der Waals surface area contributed by atoms with Crippen LogP contribution in [0.2, 0.25) is 0 Å². The summed E-state index contributed by atoms with van der Waals surface area (Å²) in [6, 6.07) is 17.4. The Bertz CT molecular complexity index is 1070. The summed E-state index contributed by atoms with van der Waals surface area (Å²) >= 11 is 0. The molecule has 1 amide bonds. The molecule has 0 aliphatic carbocycles. The van der Waals surface area contributed by atoms with E-state index in [-0.39, 0.29) is 17.7 Å². The molecule has 128 valence electrons. The molecule has 1 aromatic heterocycles. The predicted molar refractivity (Wildman–Crippen MR) is 95.3 cm³/mol. The number of carbonyl (C=O) groups is 1. The van der Waals surface area contributed by atoms with E-state index in [4.69, 9.17) is 5.26 Å². The standard InChI is InChI=1S/C20H14FN3O2/c21-17-7-3-1-6-15(17)12-24-13-16(9-10-19(24)25)20(26)23-18-8-4-2-5-14(18)11-22/h1-10,13H,12H2,(H,23,26). The summed E-state index contributed by atoms with van der Waals surface area (Å²) in [7, 11) is 0. The number of anilines is 1. The van der Waals surface area contributed by atoms with E-state index in [0.717, 1.165) is 0 Å². The first kappa shape index (κ1) is 17.1. The van der Waals surface area contributed by atoms with Crippen molar-refractivity contribution in [1.29, 1.82) is 5.26 Å². The molecule has 1 N–H and O–H groups in total. The summed E-state index contributed by atoms with van der Waals surface area (Å²) in [6.07, 6.45) is 1.37. The third kappa shape index (κ3) is 3.68. The summed E-state index contributed by atoms with van der Waals surface area (Å²) in [5.41, 5.74) is 0.949. The van der Waals surface area contributed by atoms with Gasteiger partial charge in [0.05, 0.1) is 23.4 Å². The second-order valence-corrected chi connectivity index (χ2v) is 5.59. The van der Waals surface area contributed by atoms with Gasteiger partial charge in [0, 0.05) is 17.8 Å². The van der Waals surface area contributed by atoms with E-state index in [1.165, 1.54) is 29.0 Å². The van der Waals surface area contributed by atoms with Crippen molar-refractivity contribution < 1.29 is 9.18 Å². The number of nitrogens with one attached hydrogen (secondary N) is 1. The second kappa shape index (κ2) is 7.45. The zero-order valence-electron chi connectivity index (χ0n) is 13.6. The molecule has 0 bridgehead atoms. The van der Waals surface area contributed by atoms with Crippen molar-refractivity contribution in [2.45, 2.75) is 6.54 Å². The fourth-order valence-corrected chi connectivity index (χ4v) is 2.48. The quantitative estimate of drug-likeness (QED) is 0.788. The van der Waals surface area contributed by atoms with E-state index in [1.54, 1.807) is 42.5 Å². The number of hydrogen-bond acceptors (Lipinski definition) is 3. The molecule has 0 aliphatic rings. The van der Waals surface area contributed by atoms with Gasteiger partial charge < -0.3 is 9.88 Å². The number of carbonyl (C=O) groups excluding carboxylic acids is 1. The lowest BCUT2D eigenvalue weighted by Gasteiger charge is -2.10. The van der Waals surface area contributed by atoms with Crippen LogP contribution in [0, 0.1) is 17.1 Å².